The number of aromatic nitrogens is 2. The first-order valence-electron chi connectivity index (χ1n) is 9.26. The third kappa shape index (κ3) is 3.47. The summed E-state index contributed by atoms with van der Waals surface area (Å²) >= 11 is 0. The number of rotatable bonds is 5. The minimum absolute atomic E-state index is 0.178. The van der Waals surface area contributed by atoms with E-state index in [2.05, 4.69) is 14.9 Å². The van der Waals surface area contributed by atoms with Crippen LogP contribution >= 0.6 is 0 Å². The molecule has 0 saturated carbocycles. The van der Waals surface area contributed by atoms with Crippen molar-refractivity contribution in [3.05, 3.63) is 59.9 Å². The SMILES string of the molecule is Cc1nc2ccccc2n1CCNC(=O)c1ccc(N2CCCS2(=O)=O)cc1. The number of nitrogens with zero attached hydrogens (tertiary/aromatic N) is 3. The minimum Gasteiger partial charge on any atom is -0.350 e. The molecule has 1 N–H and O–H groups in total. The maximum Gasteiger partial charge on any atom is 0.251 e. The smallest absolute Gasteiger partial charge is 0.251 e. The van der Waals surface area contributed by atoms with Crippen molar-refractivity contribution >= 4 is 32.7 Å². The molecule has 8 heteroatoms. The second-order valence-electron chi connectivity index (χ2n) is 6.84. The van der Waals surface area contributed by atoms with Crippen molar-refractivity contribution in [2.24, 2.45) is 0 Å². The normalized spacial score (nSPS) is 15.8. The van der Waals surface area contributed by atoms with Gasteiger partial charge in [0, 0.05) is 25.2 Å². The van der Waals surface area contributed by atoms with E-state index in [4.69, 9.17) is 0 Å². The van der Waals surface area contributed by atoms with Gasteiger partial charge >= 0.3 is 0 Å². The fourth-order valence-corrected chi connectivity index (χ4v) is 5.13. The maximum atomic E-state index is 12.4. The number of fused-ring (bicyclic) bond motifs is 1. The van der Waals surface area contributed by atoms with Gasteiger partial charge in [-0.3, -0.25) is 9.10 Å². The second kappa shape index (κ2) is 7.27. The molecule has 7 nitrogen and oxygen atoms in total. The van der Waals surface area contributed by atoms with Gasteiger partial charge in [-0.05, 0) is 49.7 Å². The zero-order chi connectivity index (χ0) is 19.7. The van der Waals surface area contributed by atoms with Gasteiger partial charge in [0.25, 0.3) is 5.91 Å². The van der Waals surface area contributed by atoms with E-state index in [-0.39, 0.29) is 11.7 Å². The summed E-state index contributed by atoms with van der Waals surface area (Å²) < 4.78 is 27.5. The van der Waals surface area contributed by atoms with Gasteiger partial charge in [-0.25, -0.2) is 13.4 Å². The summed E-state index contributed by atoms with van der Waals surface area (Å²) in [7, 11) is -3.21. The van der Waals surface area contributed by atoms with Crippen molar-refractivity contribution in [1.82, 2.24) is 14.9 Å². The molecule has 0 unspecified atom stereocenters. The highest BCUT2D eigenvalue weighted by atomic mass is 32.2. The Morgan fingerprint density at radius 1 is 1.14 bits per heavy atom. The Morgan fingerprint density at radius 2 is 1.89 bits per heavy atom. The number of nitrogens with one attached hydrogen (secondary N) is 1. The molecule has 2 aromatic carbocycles. The quantitative estimate of drug-likeness (QED) is 0.715. The molecule has 1 amide bonds. The number of sulfonamides is 1. The summed E-state index contributed by atoms with van der Waals surface area (Å²) in [6.07, 6.45) is 0.632. The predicted octanol–water partition coefficient (Wildman–Crippen LogP) is 2.31. The molecule has 146 valence electrons. The van der Waals surface area contributed by atoms with Crippen molar-refractivity contribution in [3.63, 3.8) is 0 Å². The lowest BCUT2D eigenvalue weighted by Crippen LogP contribution is -2.28. The first kappa shape index (κ1) is 18.5. The Hall–Kier alpha value is -2.87. The number of anilines is 1. The number of imidazole rings is 1. The highest BCUT2D eigenvalue weighted by Gasteiger charge is 2.28. The van der Waals surface area contributed by atoms with Gasteiger partial charge in [-0.1, -0.05) is 12.1 Å². The van der Waals surface area contributed by atoms with E-state index in [1.54, 1.807) is 24.3 Å². The number of aryl methyl sites for hydroxylation is 1. The van der Waals surface area contributed by atoms with Crippen LogP contribution in [0, 0.1) is 6.92 Å². The fraction of sp³-hybridized carbons (Fsp3) is 0.300. The van der Waals surface area contributed by atoms with Gasteiger partial charge in [0.15, 0.2) is 0 Å². The number of carbonyl (C=O) groups excluding carboxylic acids is 1. The standard InChI is InChI=1S/C20H22N4O3S/c1-15-22-18-5-2-3-6-19(18)23(15)13-11-21-20(25)16-7-9-17(10-8-16)24-12-4-14-28(24,26)27/h2-3,5-10H,4,11-14H2,1H3,(H,21,25). The maximum absolute atomic E-state index is 12.4. The van der Waals surface area contributed by atoms with Crippen molar-refractivity contribution < 1.29 is 13.2 Å². The first-order chi connectivity index (χ1) is 13.5. The lowest BCUT2D eigenvalue weighted by atomic mass is 10.2. The van der Waals surface area contributed by atoms with Gasteiger partial charge in [0.1, 0.15) is 5.82 Å². The summed E-state index contributed by atoms with van der Waals surface area (Å²) in [5.74, 6) is 0.905. The summed E-state index contributed by atoms with van der Waals surface area (Å²) in [4.78, 5) is 16.9. The molecule has 1 saturated heterocycles. The van der Waals surface area contributed by atoms with E-state index in [0.29, 0.717) is 37.3 Å². The Bertz CT molecular complexity index is 1120. The van der Waals surface area contributed by atoms with Crippen LogP contribution in [0.15, 0.2) is 48.5 Å². The molecular formula is C20H22N4O3S. The van der Waals surface area contributed by atoms with E-state index in [9.17, 15) is 13.2 Å². The van der Waals surface area contributed by atoms with Crippen LogP contribution in [0.5, 0.6) is 0 Å². The van der Waals surface area contributed by atoms with Crippen LogP contribution in [0.2, 0.25) is 0 Å². The van der Waals surface area contributed by atoms with Gasteiger partial charge in [0.05, 0.1) is 22.5 Å². The van der Waals surface area contributed by atoms with Crippen molar-refractivity contribution in [1.29, 1.82) is 0 Å². The minimum atomic E-state index is -3.21. The van der Waals surface area contributed by atoms with Crippen molar-refractivity contribution in [2.75, 3.05) is 23.1 Å². The molecule has 28 heavy (non-hydrogen) atoms. The van der Waals surface area contributed by atoms with E-state index in [0.717, 1.165) is 16.9 Å². The molecule has 0 spiro atoms. The Morgan fingerprint density at radius 3 is 2.61 bits per heavy atom. The molecule has 0 aliphatic carbocycles. The molecule has 0 atom stereocenters. The molecule has 0 radical (unpaired) electrons. The van der Waals surface area contributed by atoms with Crippen LogP contribution in [-0.2, 0) is 16.6 Å². The van der Waals surface area contributed by atoms with Crippen LogP contribution in [-0.4, -0.2) is 42.7 Å². The van der Waals surface area contributed by atoms with Gasteiger partial charge in [0.2, 0.25) is 10.0 Å². The van der Waals surface area contributed by atoms with Gasteiger partial charge in [-0.15, -0.1) is 0 Å². The number of carbonyl (C=O) groups is 1. The first-order valence-corrected chi connectivity index (χ1v) is 10.9. The monoisotopic (exact) mass is 398 g/mol. The summed E-state index contributed by atoms with van der Waals surface area (Å²) in [6.45, 7) is 3.55. The average molecular weight is 398 g/mol. The Labute approximate surface area is 164 Å². The van der Waals surface area contributed by atoms with E-state index < -0.39 is 10.0 Å². The van der Waals surface area contributed by atoms with Crippen molar-refractivity contribution in [2.45, 2.75) is 19.9 Å². The molecule has 4 rings (SSSR count). The highest BCUT2D eigenvalue weighted by molar-refractivity contribution is 7.93. The van der Waals surface area contributed by atoms with Crippen molar-refractivity contribution in [3.8, 4) is 0 Å². The molecule has 1 aromatic heterocycles. The number of para-hydroxylation sites is 2. The number of benzene rings is 2. The summed E-state index contributed by atoms with van der Waals surface area (Å²) in [5, 5.41) is 2.92. The molecule has 1 fully saturated rings. The molecule has 0 bridgehead atoms. The number of amides is 1. The zero-order valence-electron chi connectivity index (χ0n) is 15.6. The van der Waals surface area contributed by atoms with Crippen LogP contribution in [0.4, 0.5) is 5.69 Å². The topological polar surface area (TPSA) is 84.3 Å². The van der Waals surface area contributed by atoms with E-state index in [1.165, 1.54) is 4.31 Å². The van der Waals surface area contributed by atoms with Gasteiger partial charge in [-0.2, -0.15) is 0 Å². The molecule has 3 aromatic rings. The molecular weight excluding hydrogens is 376 g/mol. The van der Waals surface area contributed by atoms with Gasteiger partial charge < -0.3 is 9.88 Å². The van der Waals surface area contributed by atoms with Crippen LogP contribution in [0.1, 0.15) is 22.6 Å². The highest BCUT2D eigenvalue weighted by Crippen LogP contribution is 2.24. The Balaban J connectivity index is 1.39. The molecule has 1 aliphatic heterocycles. The lowest BCUT2D eigenvalue weighted by Gasteiger charge is -2.17. The van der Waals surface area contributed by atoms with Crippen LogP contribution < -0.4 is 9.62 Å². The number of hydrogen-bond donors (Lipinski definition) is 1. The molecule has 1 aliphatic rings. The summed E-state index contributed by atoms with van der Waals surface area (Å²) in [5.41, 5.74) is 3.10. The Kier molecular flexibility index (Phi) is 4.80. The average Bonchev–Trinajstić information content (AvgIpc) is 3.20. The number of hydrogen-bond acceptors (Lipinski definition) is 4. The van der Waals surface area contributed by atoms with E-state index >= 15 is 0 Å². The summed E-state index contributed by atoms with van der Waals surface area (Å²) in [6, 6.07) is 14.6. The third-order valence-electron chi connectivity index (χ3n) is 4.98. The molecule has 2 heterocycles. The van der Waals surface area contributed by atoms with E-state index in [1.807, 2.05) is 31.2 Å². The fourth-order valence-electron chi connectivity index (χ4n) is 3.57. The zero-order valence-corrected chi connectivity index (χ0v) is 16.4. The lowest BCUT2D eigenvalue weighted by molar-refractivity contribution is 0.0952. The van der Waals surface area contributed by atoms with Crippen LogP contribution in [0.25, 0.3) is 11.0 Å². The van der Waals surface area contributed by atoms with Crippen LogP contribution in [0.3, 0.4) is 0 Å². The predicted molar refractivity (Wildman–Crippen MR) is 109 cm³/mol. The second-order valence-corrected chi connectivity index (χ2v) is 8.86. The largest absolute Gasteiger partial charge is 0.350 e. The third-order valence-corrected chi connectivity index (χ3v) is 6.85.